The van der Waals surface area contributed by atoms with Gasteiger partial charge in [-0.05, 0) is 29.3 Å². The molecule has 29 heavy (non-hydrogen) atoms. The third kappa shape index (κ3) is 5.19. The van der Waals surface area contributed by atoms with Gasteiger partial charge in [-0.2, -0.15) is 0 Å². The Hall–Kier alpha value is -2.77. The molecule has 3 aromatic carbocycles. The van der Waals surface area contributed by atoms with Crippen molar-refractivity contribution in [1.82, 2.24) is 0 Å². The number of carbonyl (C=O) groups is 1. The first-order chi connectivity index (χ1) is 13.9. The normalized spacial score (nSPS) is 13.0. The average molecular weight is 403 g/mol. The highest BCUT2D eigenvalue weighted by Gasteiger charge is 2.30. The van der Waals surface area contributed by atoms with Gasteiger partial charge in [-0.25, -0.2) is 4.79 Å². The van der Waals surface area contributed by atoms with E-state index in [0.29, 0.717) is 0 Å². The number of rotatable bonds is 6. The van der Waals surface area contributed by atoms with Crippen LogP contribution in [0.5, 0.6) is 0 Å². The molecular formula is C25H26NO2P. The van der Waals surface area contributed by atoms with Crippen LogP contribution in [0.1, 0.15) is 26.3 Å². The molecule has 0 aliphatic heterocycles. The number of aliphatic carboxylic acids is 1. The highest BCUT2D eigenvalue weighted by Crippen LogP contribution is 2.33. The highest BCUT2D eigenvalue weighted by molar-refractivity contribution is 7.80. The predicted octanol–water partition coefficient (Wildman–Crippen LogP) is 4.36. The van der Waals surface area contributed by atoms with Crippen molar-refractivity contribution in [3.8, 4) is 0 Å². The van der Waals surface area contributed by atoms with Gasteiger partial charge in [-0.3, -0.25) is 4.99 Å². The van der Waals surface area contributed by atoms with Crippen LogP contribution in [0, 0.1) is 5.41 Å². The van der Waals surface area contributed by atoms with Crippen LogP contribution in [0.3, 0.4) is 0 Å². The lowest BCUT2D eigenvalue weighted by atomic mass is 9.87. The highest BCUT2D eigenvalue weighted by atomic mass is 31.1. The SMILES string of the molecule is CC(C)(C)C(N=Cc1ccccc1P(c1ccccc1)c1ccccc1)C(=O)O. The smallest absolute Gasteiger partial charge is 0.328 e. The quantitative estimate of drug-likeness (QED) is 0.491. The van der Waals surface area contributed by atoms with Crippen LogP contribution in [-0.4, -0.2) is 23.3 Å². The average Bonchev–Trinajstić information content (AvgIpc) is 2.70. The summed E-state index contributed by atoms with van der Waals surface area (Å²) in [5.41, 5.74) is 0.503. The Morgan fingerprint density at radius 3 is 1.83 bits per heavy atom. The molecule has 3 nitrogen and oxygen atoms in total. The van der Waals surface area contributed by atoms with Crippen molar-refractivity contribution >= 4 is 36.0 Å². The van der Waals surface area contributed by atoms with Gasteiger partial charge in [0, 0.05) is 11.8 Å². The van der Waals surface area contributed by atoms with Gasteiger partial charge in [0.15, 0.2) is 6.04 Å². The predicted molar refractivity (Wildman–Crippen MR) is 124 cm³/mol. The van der Waals surface area contributed by atoms with E-state index in [9.17, 15) is 9.90 Å². The van der Waals surface area contributed by atoms with Gasteiger partial charge in [-0.1, -0.05) is 106 Å². The topological polar surface area (TPSA) is 49.7 Å². The number of aliphatic imine (C=N–C) groups is 1. The second-order valence-electron chi connectivity index (χ2n) is 7.95. The summed E-state index contributed by atoms with van der Waals surface area (Å²) in [6, 6.07) is 28.3. The molecule has 0 heterocycles. The minimum atomic E-state index is -0.903. The maximum absolute atomic E-state index is 11.7. The number of hydrogen-bond acceptors (Lipinski definition) is 2. The van der Waals surface area contributed by atoms with E-state index >= 15 is 0 Å². The van der Waals surface area contributed by atoms with E-state index in [2.05, 4.69) is 59.6 Å². The first kappa shape index (κ1) is 21.0. The van der Waals surface area contributed by atoms with Crippen LogP contribution in [0.15, 0.2) is 89.9 Å². The Morgan fingerprint density at radius 2 is 1.34 bits per heavy atom. The van der Waals surface area contributed by atoms with Crippen molar-refractivity contribution in [2.24, 2.45) is 10.4 Å². The van der Waals surface area contributed by atoms with Crippen molar-refractivity contribution in [3.05, 3.63) is 90.5 Å². The van der Waals surface area contributed by atoms with E-state index in [0.717, 1.165) is 5.56 Å². The molecule has 3 rings (SSSR count). The maximum Gasteiger partial charge on any atom is 0.328 e. The molecule has 0 saturated carbocycles. The number of carboxylic acid groups (broad SMARTS) is 1. The summed E-state index contributed by atoms with van der Waals surface area (Å²) in [5, 5.41) is 13.3. The summed E-state index contributed by atoms with van der Waals surface area (Å²) in [6.45, 7) is 5.70. The van der Waals surface area contributed by atoms with Gasteiger partial charge in [-0.15, -0.1) is 0 Å². The van der Waals surface area contributed by atoms with E-state index in [-0.39, 0.29) is 0 Å². The summed E-state index contributed by atoms with van der Waals surface area (Å²) in [5.74, 6) is -0.903. The molecular weight excluding hydrogens is 377 g/mol. The van der Waals surface area contributed by atoms with Gasteiger partial charge >= 0.3 is 5.97 Å². The molecule has 0 aliphatic carbocycles. The minimum absolute atomic E-state index is 0.457. The molecule has 0 aliphatic rings. The fourth-order valence-corrected chi connectivity index (χ4v) is 5.61. The van der Waals surface area contributed by atoms with Crippen LogP contribution in [0.25, 0.3) is 0 Å². The Labute approximate surface area is 173 Å². The minimum Gasteiger partial charge on any atom is -0.480 e. The third-order valence-corrected chi connectivity index (χ3v) is 7.14. The van der Waals surface area contributed by atoms with E-state index in [1.165, 1.54) is 15.9 Å². The summed E-state index contributed by atoms with van der Waals surface area (Å²) in [4.78, 5) is 16.2. The number of hydrogen-bond donors (Lipinski definition) is 1. The van der Waals surface area contributed by atoms with Gasteiger partial charge in [0.2, 0.25) is 0 Å². The van der Waals surface area contributed by atoms with Gasteiger partial charge in [0.05, 0.1) is 0 Å². The molecule has 0 saturated heterocycles. The number of nitrogens with zero attached hydrogens (tertiary/aromatic N) is 1. The Bertz CT molecular complexity index is 939. The largest absolute Gasteiger partial charge is 0.480 e. The van der Waals surface area contributed by atoms with E-state index < -0.39 is 25.3 Å². The van der Waals surface area contributed by atoms with E-state index in [1.807, 2.05) is 51.1 Å². The maximum atomic E-state index is 11.7. The first-order valence-corrected chi connectivity index (χ1v) is 11.0. The zero-order chi connectivity index (χ0) is 20.9. The molecule has 1 unspecified atom stereocenters. The van der Waals surface area contributed by atoms with Crippen molar-refractivity contribution in [2.45, 2.75) is 26.8 Å². The molecule has 0 fully saturated rings. The van der Waals surface area contributed by atoms with Crippen molar-refractivity contribution in [2.75, 3.05) is 0 Å². The molecule has 0 aromatic heterocycles. The molecule has 4 heteroatoms. The lowest BCUT2D eigenvalue weighted by Crippen LogP contribution is -2.33. The zero-order valence-electron chi connectivity index (χ0n) is 17.0. The van der Waals surface area contributed by atoms with Crippen LogP contribution in [-0.2, 0) is 4.79 Å². The molecule has 3 aromatic rings. The molecule has 148 valence electrons. The van der Waals surface area contributed by atoms with Crippen molar-refractivity contribution < 1.29 is 9.90 Å². The summed E-state index contributed by atoms with van der Waals surface area (Å²) < 4.78 is 0. The molecule has 0 amide bonds. The number of benzene rings is 3. The van der Waals surface area contributed by atoms with Crippen LogP contribution < -0.4 is 15.9 Å². The number of carboxylic acids is 1. The Morgan fingerprint density at radius 1 is 0.862 bits per heavy atom. The fraction of sp³-hybridized carbons (Fsp3) is 0.200. The van der Waals surface area contributed by atoms with Gasteiger partial charge in [0.25, 0.3) is 0 Å². The monoisotopic (exact) mass is 403 g/mol. The van der Waals surface area contributed by atoms with Crippen molar-refractivity contribution in [3.63, 3.8) is 0 Å². The van der Waals surface area contributed by atoms with Crippen LogP contribution in [0.4, 0.5) is 0 Å². The van der Waals surface area contributed by atoms with Crippen molar-refractivity contribution in [1.29, 1.82) is 0 Å². The molecule has 1 atom stereocenters. The fourth-order valence-electron chi connectivity index (χ4n) is 3.19. The zero-order valence-corrected chi connectivity index (χ0v) is 17.9. The summed E-state index contributed by atoms with van der Waals surface area (Å²) in [6.07, 6.45) is 1.74. The Balaban J connectivity index is 2.10. The van der Waals surface area contributed by atoms with Crippen LogP contribution in [0.2, 0.25) is 0 Å². The van der Waals surface area contributed by atoms with Crippen LogP contribution >= 0.6 is 7.92 Å². The second-order valence-corrected chi connectivity index (χ2v) is 10.1. The lowest BCUT2D eigenvalue weighted by Gasteiger charge is -2.24. The standard InChI is InChI=1S/C25H26NO2P/c1-25(2,3)23(24(27)28)26-18-19-12-10-11-17-22(19)29(20-13-6-4-7-14-20)21-15-8-5-9-16-21/h4-18,23H,1-3H3,(H,27,28). The first-order valence-electron chi connectivity index (χ1n) is 9.63. The second kappa shape index (κ2) is 9.15. The molecule has 0 bridgehead atoms. The van der Waals surface area contributed by atoms with Gasteiger partial charge in [0.1, 0.15) is 0 Å². The molecule has 0 radical (unpaired) electrons. The van der Waals surface area contributed by atoms with Gasteiger partial charge < -0.3 is 5.11 Å². The van der Waals surface area contributed by atoms with E-state index in [1.54, 1.807) is 6.21 Å². The summed E-state index contributed by atoms with van der Waals surface area (Å²) >= 11 is 0. The summed E-state index contributed by atoms with van der Waals surface area (Å²) in [7, 11) is -0.780. The third-order valence-electron chi connectivity index (χ3n) is 4.62. The lowest BCUT2D eigenvalue weighted by molar-refractivity contribution is -0.140. The molecule has 1 N–H and O–H groups in total. The van der Waals surface area contributed by atoms with E-state index in [4.69, 9.17) is 0 Å². The molecule has 0 spiro atoms. The Kier molecular flexibility index (Phi) is 6.61.